The van der Waals surface area contributed by atoms with Gasteiger partial charge in [-0.15, -0.1) is 0 Å². The van der Waals surface area contributed by atoms with Gasteiger partial charge in [-0.05, 0) is 56.5 Å². The van der Waals surface area contributed by atoms with Crippen molar-refractivity contribution in [2.45, 2.75) is 45.2 Å². The second-order valence-corrected chi connectivity index (χ2v) is 8.48. The summed E-state index contributed by atoms with van der Waals surface area (Å²) in [7, 11) is -3.39. The van der Waals surface area contributed by atoms with Crippen LogP contribution in [0.15, 0.2) is 47.1 Å². The fourth-order valence-electron chi connectivity index (χ4n) is 3.04. The van der Waals surface area contributed by atoms with Gasteiger partial charge in [0.2, 0.25) is 10.0 Å². The molecule has 140 valence electrons. The van der Waals surface area contributed by atoms with Gasteiger partial charge in [-0.2, -0.15) is 0 Å². The lowest BCUT2D eigenvalue weighted by atomic mass is 10.1. The average molecular weight is 376 g/mol. The third-order valence-corrected chi connectivity index (χ3v) is 5.90. The highest BCUT2D eigenvalue weighted by atomic mass is 32.2. The van der Waals surface area contributed by atoms with Crippen LogP contribution in [0, 0.1) is 0 Å². The number of hydrogen-bond acceptors (Lipinski definition) is 4. The maximum absolute atomic E-state index is 13.1. The molecule has 0 saturated heterocycles. The Morgan fingerprint density at radius 2 is 2.08 bits per heavy atom. The number of carbonyl (C=O) groups is 1. The molecule has 1 aromatic carbocycles. The van der Waals surface area contributed by atoms with E-state index in [0.29, 0.717) is 17.7 Å². The van der Waals surface area contributed by atoms with Crippen LogP contribution in [0.2, 0.25) is 0 Å². The normalized spacial score (nSPS) is 15.5. The molecule has 2 aromatic rings. The smallest absolute Gasteiger partial charge is 0.254 e. The molecule has 1 aliphatic carbocycles. The number of furan rings is 1. The number of anilines is 1. The highest BCUT2D eigenvalue weighted by Gasteiger charge is 2.37. The molecular formula is C19H24N2O4S. The van der Waals surface area contributed by atoms with Crippen LogP contribution < -0.4 is 4.72 Å². The number of nitrogens with one attached hydrogen (secondary N) is 1. The van der Waals surface area contributed by atoms with Gasteiger partial charge < -0.3 is 9.32 Å². The van der Waals surface area contributed by atoms with Crippen molar-refractivity contribution in [2.75, 3.05) is 10.5 Å². The molecule has 1 N–H and O–H groups in total. The van der Waals surface area contributed by atoms with Crippen molar-refractivity contribution >= 4 is 21.6 Å². The van der Waals surface area contributed by atoms with E-state index in [4.69, 9.17) is 4.42 Å². The van der Waals surface area contributed by atoms with E-state index in [1.807, 2.05) is 30.9 Å². The SMILES string of the molecule is CCCS(=O)(=O)Nc1cccc(C(=O)N(C2CC2)C(C)c2ccco2)c1. The Hall–Kier alpha value is -2.28. The zero-order valence-electron chi connectivity index (χ0n) is 15.0. The Balaban J connectivity index is 1.83. The molecule has 0 aliphatic heterocycles. The Morgan fingerprint density at radius 1 is 1.31 bits per heavy atom. The Labute approximate surface area is 154 Å². The Bertz CT molecular complexity index is 857. The monoisotopic (exact) mass is 376 g/mol. The number of amides is 1. The van der Waals surface area contributed by atoms with E-state index >= 15 is 0 Å². The highest BCUT2D eigenvalue weighted by Crippen LogP contribution is 2.36. The lowest BCUT2D eigenvalue weighted by Crippen LogP contribution is -2.35. The van der Waals surface area contributed by atoms with Crippen LogP contribution in [0.25, 0.3) is 0 Å². The molecule has 26 heavy (non-hydrogen) atoms. The quantitative estimate of drug-likeness (QED) is 0.760. The van der Waals surface area contributed by atoms with Gasteiger partial charge in [-0.25, -0.2) is 8.42 Å². The third-order valence-electron chi connectivity index (χ3n) is 4.40. The van der Waals surface area contributed by atoms with Gasteiger partial charge in [0.1, 0.15) is 5.76 Å². The summed E-state index contributed by atoms with van der Waals surface area (Å²) in [5, 5.41) is 0. The van der Waals surface area contributed by atoms with Crippen molar-refractivity contribution in [3.8, 4) is 0 Å². The van der Waals surface area contributed by atoms with Crippen molar-refractivity contribution < 1.29 is 17.6 Å². The predicted molar refractivity (Wildman–Crippen MR) is 100 cm³/mol. The Kier molecular flexibility index (Phi) is 5.36. The molecule has 6 nitrogen and oxygen atoms in total. The van der Waals surface area contributed by atoms with Crippen LogP contribution in [0.3, 0.4) is 0 Å². The summed E-state index contributed by atoms with van der Waals surface area (Å²) in [6.45, 7) is 3.76. The molecule has 3 rings (SSSR count). The topological polar surface area (TPSA) is 79.6 Å². The van der Waals surface area contributed by atoms with E-state index in [-0.39, 0.29) is 23.7 Å². The van der Waals surface area contributed by atoms with Crippen LogP contribution in [0.1, 0.15) is 55.3 Å². The van der Waals surface area contributed by atoms with Gasteiger partial charge in [0.25, 0.3) is 5.91 Å². The highest BCUT2D eigenvalue weighted by molar-refractivity contribution is 7.92. The van der Waals surface area contributed by atoms with Crippen molar-refractivity contribution in [3.63, 3.8) is 0 Å². The van der Waals surface area contributed by atoms with Crippen molar-refractivity contribution in [1.82, 2.24) is 4.90 Å². The summed E-state index contributed by atoms with van der Waals surface area (Å²) < 4.78 is 32.0. The van der Waals surface area contributed by atoms with E-state index in [2.05, 4.69) is 4.72 Å². The minimum absolute atomic E-state index is 0.0505. The van der Waals surface area contributed by atoms with Gasteiger partial charge >= 0.3 is 0 Å². The third kappa shape index (κ3) is 4.27. The van der Waals surface area contributed by atoms with E-state index < -0.39 is 10.0 Å². The lowest BCUT2D eigenvalue weighted by Gasteiger charge is -2.28. The van der Waals surface area contributed by atoms with Crippen molar-refractivity contribution in [3.05, 3.63) is 54.0 Å². The first-order chi connectivity index (χ1) is 12.4. The molecule has 1 saturated carbocycles. The zero-order valence-corrected chi connectivity index (χ0v) is 15.8. The van der Waals surface area contributed by atoms with Crippen LogP contribution in [-0.4, -0.2) is 31.0 Å². The average Bonchev–Trinajstić information content (AvgIpc) is 3.26. The van der Waals surface area contributed by atoms with Crippen LogP contribution >= 0.6 is 0 Å². The standard InChI is InChI=1S/C19H24N2O4S/c1-3-12-26(23,24)20-16-7-4-6-15(13-16)19(22)21(17-9-10-17)14(2)18-8-5-11-25-18/h4-8,11,13-14,17,20H,3,9-10,12H2,1-2H3. The molecule has 1 aromatic heterocycles. The summed E-state index contributed by atoms with van der Waals surface area (Å²) in [6, 6.07) is 10.4. The number of benzene rings is 1. The number of rotatable bonds is 8. The largest absolute Gasteiger partial charge is 0.467 e. The van der Waals surface area contributed by atoms with Crippen LogP contribution in [0.5, 0.6) is 0 Å². The minimum atomic E-state index is -3.39. The molecule has 0 radical (unpaired) electrons. The van der Waals surface area contributed by atoms with Crippen molar-refractivity contribution in [2.24, 2.45) is 0 Å². The molecule has 1 amide bonds. The predicted octanol–water partition coefficient (Wildman–Crippen LogP) is 3.80. The van der Waals surface area contributed by atoms with Crippen molar-refractivity contribution in [1.29, 1.82) is 0 Å². The molecule has 0 spiro atoms. The molecule has 1 heterocycles. The molecular weight excluding hydrogens is 352 g/mol. The van der Waals surface area contributed by atoms with Gasteiger partial charge in [0.05, 0.1) is 18.1 Å². The summed E-state index contributed by atoms with van der Waals surface area (Å²) in [5.74, 6) is 0.674. The zero-order chi connectivity index (χ0) is 18.7. The molecule has 7 heteroatoms. The van der Waals surface area contributed by atoms with Crippen LogP contribution in [-0.2, 0) is 10.0 Å². The first kappa shape index (κ1) is 18.5. The molecule has 1 unspecified atom stereocenters. The molecule has 1 atom stereocenters. The summed E-state index contributed by atoms with van der Waals surface area (Å²) >= 11 is 0. The van der Waals surface area contributed by atoms with Crippen LogP contribution in [0.4, 0.5) is 5.69 Å². The van der Waals surface area contributed by atoms with Gasteiger partial charge in [-0.3, -0.25) is 9.52 Å². The maximum Gasteiger partial charge on any atom is 0.254 e. The first-order valence-corrected chi connectivity index (χ1v) is 10.5. The van der Waals surface area contributed by atoms with Gasteiger partial charge in [0, 0.05) is 17.3 Å². The molecule has 1 fully saturated rings. The van der Waals surface area contributed by atoms with Gasteiger partial charge in [-0.1, -0.05) is 13.0 Å². The first-order valence-electron chi connectivity index (χ1n) is 8.88. The van der Waals surface area contributed by atoms with E-state index in [9.17, 15) is 13.2 Å². The second kappa shape index (κ2) is 7.53. The Morgan fingerprint density at radius 3 is 2.69 bits per heavy atom. The van der Waals surface area contributed by atoms with E-state index in [1.54, 1.807) is 30.5 Å². The number of carbonyl (C=O) groups excluding carboxylic acids is 1. The number of sulfonamides is 1. The summed E-state index contributed by atoms with van der Waals surface area (Å²) in [5.41, 5.74) is 0.873. The summed E-state index contributed by atoms with van der Waals surface area (Å²) in [4.78, 5) is 14.9. The maximum atomic E-state index is 13.1. The lowest BCUT2D eigenvalue weighted by molar-refractivity contribution is 0.0652. The molecule has 0 bridgehead atoms. The van der Waals surface area contributed by atoms with Gasteiger partial charge in [0.15, 0.2) is 0 Å². The van der Waals surface area contributed by atoms with E-state index in [0.717, 1.165) is 18.6 Å². The fraction of sp³-hybridized carbons (Fsp3) is 0.421. The number of hydrogen-bond donors (Lipinski definition) is 1. The minimum Gasteiger partial charge on any atom is -0.467 e. The summed E-state index contributed by atoms with van der Waals surface area (Å²) in [6.07, 6.45) is 4.08. The van der Waals surface area contributed by atoms with E-state index in [1.165, 1.54) is 0 Å². The fourth-order valence-corrected chi connectivity index (χ4v) is 4.17. The molecule has 1 aliphatic rings. The second-order valence-electron chi connectivity index (χ2n) is 6.64. The number of nitrogens with zero attached hydrogens (tertiary/aromatic N) is 1.